The van der Waals surface area contributed by atoms with Crippen LogP contribution in [0.1, 0.15) is 29.5 Å². The van der Waals surface area contributed by atoms with Crippen LogP contribution < -0.4 is 4.74 Å². The van der Waals surface area contributed by atoms with E-state index in [1.54, 1.807) is 19.1 Å². The molecule has 0 aromatic heterocycles. The molecule has 2 aromatic carbocycles. The van der Waals surface area contributed by atoms with Crippen LogP contribution in [0.5, 0.6) is 11.5 Å². The molecule has 1 nitrogen and oxygen atoms in total. The minimum Gasteiger partial charge on any atom is -0.457 e. The van der Waals surface area contributed by atoms with Crippen molar-refractivity contribution in [3.8, 4) is 11.5 Å². The normalized spacial score (nSPS) is 16.6. The van der Waals surface area contributed by atoms with E-state index in [4.69, 9.17) is 4.74 Å². The van der Waals surface area contributed by atoms with E-state index in [1.807, 2.05) is 19.1 Å². The monoisotopic (exact) mass is 356 g/mol. The van der Waals surface area contributed by atoms with E-state index in [9.17, 15) is 22.0 Å². The number of aryl methyl sites for hydroxylation is 2. The largest absolute Gasteiger partial charge is 0.457 e. The predicted octanol–water partition coefficient (Wildman–Crippen LogP) is 6.32. The number of hydrogen-bond donors (Lipinski definition) is 0. The highest BCUT2D eigenvalue weighted by molar-refractivity contribution is 5.45. The smallest absolute Gasteiger partial charge is 0.454 e. The highest BCUT2D eigenvalue weighted by atomic mass is 19.4. The van der Waals surface area contributed by atoms with Gasteiger partial charge in [0.1, 0.15) is 11.5 Å². The summed E-state index contributed by atoms with van der Waals surface area (Å²) in [6.45, 7) is 3.56. The van der Waals surface area contributed by atoms with E-state index >= 15 is 0 Å². The molecule has 0 atom stereocenters. The standard InChI is InChI=1S/C19H17F5O/c1-12-3-6-15(7-4-12)25-16-8-5-14(11-13(16)2)17(9-10-17)18(20,21)19(22,23)24/h3-8,11H,9-10H2,1-2H3. The Labute approximate surface area is 142 Å². The molecule has 0 saturated heterocycles. The number of hydrogen-bond acceptors (Lipinski definition) is 1. The Hall–Kier alpha value is -2.11. The van der Waals surface area contributed by atoms with Gasteiger partial charge in [0.15, 0.2) is 0 Å². The molecule has 3 rings (SSSR count). The molecule has 0 N–H and O–H groups in total. The second-order valence-corrected chi connectivity index (χ2v) is 6.55. The molecule has 134 valence electrons. The lowest BCUT2D eigenvalue weighted by atomic mass is 9.87. The van der Waals surface area contributed by atoms with Crippen LogP contribution in [0.4, 0.5) is 22.0 Å². The molecular formula is C19H17F5O. The van der Waals surface area contributed by atoms with Crippen molar-refractivity contribution in [2.75, 3.05) is 0 Å². The summed E-state index contributed by atoms with van der Waals surface area (Å²) in [5.74, 6) is -3.74. The third kappa shape index (κ3) is 2.98. The molecule has 1 saturated carbocycles. The third-order valence-electron chi connectivity index (χ3n) is 4.68. The first kappa shape index (κ1) is 17.7. The summed E-state index contributed by atoms with van der Waals surface area (Å²) in [6, 6.07) is 11.4. The highest BCUT2D eigenvalue weighted by Gasteiger charge is 2.75. The van der Waals surface area contributed by atoms with Crippen LogP contribution in [0.2, 0.25) is 0 Å². The zero-order chi connectivity index (χ0) is 18.5. The van der Waals surface area contributed by atoms with Crippen LogP contribution in [-0.2, 0) is 5.41 Å². The highest BCUT2D eigenvalue weighted by Crippen LogP contribution is 2.63. The molecule has 25 heavy (non-hydrogen) atoms. The zero-order valence-electron chi connectivity index (χ0n) is 13.8. The van der Waals surface area contributed by atoms with Crippen LogP contribution in [0.3, 0.4) is 0 Å². The van der Waals surface area contributed by atoms with Gasteiger partial charge in [0.2, 0.25) is 0 Å². The lowest BCUT2D eigenvalue weighted by Crippen LogP contribution is -2.47. The van der Waals surface area contributed by atoms with Crippen LogP contribution >= 0.6 is 0 Å². The molecule has 0 heterocycles. The SMILES string of the molecule is Cc1ccc(Oc2ccc(C3(C(F)(F)C(F)(F)F)CC3)cc2C)cc1. The van der Waals surface area contributed by atoms with E-state index in [0.29, 0.717) is 17.1 Å². The topological polar surface area (TPSA) is 9.23 Å². The van der Waals surface area contributed by atoms with Crippen molar-refractivity contribution in [3.05, 3.63) is 59.2 Å². The van der Waals surface area contributed by atoms with Crippen molar-refractivity contribution in [2.24, 2.45) is 0 Å². The molecule has 0 amide bonds. The summed E-state index contributed by atoms with van der Waals surface area (Å²) in [5, 5.41) is 0. The van der Waals surface area contributed by atoms with Gasteiger partial charge in [-0.1, -0.05) is 29.8 Å². The van der Waals surface area contributed by atoms with Crippen LogP contribution in [0, 0.1) is 13.8 Å². The molecule has 0 spiro atoms. The Morgan fingerprint density at radius 2 is 1.48 bits per heavy atom. The maximum atomic E-state index is 13.9. The molecule has 1 fully saturated rings. The Balaban J connectivity index is 1.89. The average Bonchev–Trinajstić information content (AvgIpc) is 3.32. The van der Waals surface area contributed by atoms with Gasteiger partial charge in [-0.25, -0.2) is 0 Å². The molecule has 1 aliphatic rings. The summed E-state index contributed by atoms with van der Waals surface area (Å²) >= 11 is 0. The summed E-state index contributed by atoms with van der Waals surface area (Å²) in [4.78, 5) is 0. The van der Waals surface area contributed by atoms with E-state index in [0.717, 1.165) is 5.56 Å². The van der Waals surface area contributed by atoms with Crippen molar-refractivity contribution in [3.63, 3.8) is 0 Å². The van der Waals surface area contributed by atoms with Gasteiger partial charge in [-0.05, 0) is 56.0 Å². The number of halogens is 5. The molecule has 0 bridgehead atoms. The molecule has 0 aliphatic heterocycles. The van der Waals surface area contributed by atoms with Gasteiger partial charge in [0.05, 0.1) is 5.41 Å². The van der Waals surface area contributed by atoms with Gasteiger partial charge < -0.3 is 4.74 Å². The molecule has 6 heteroatoms. The van der Waals surface area contributed by atoms with Crippen molar-refractivity contribution < 1.29 is 26.7 Å². The lowest BCUT2D eigenvalue weighted by Gasteiger charge is -2.29. The van der Waals surface area contributed by atoms with Gasteiger partial charge >= 0.3 is 12.1 Å². The minimum absolute atomic E-state index is 0.00332. The second kappa shape index (κ2) is 5.71. The van der Waals surface area contributed by atoms with E-state index in [-0.39, 0.29) is 18.4 Å². The Kier molecular flexibility index (Phi) is 4.05. The number of ether oxygens (including phenoxy) is 1. The van der Waals surface area contributed by atoms with Gasteiger partial charge in [-0.2, -0.15) is 22.0 Å². The molecule has 0 radical (unpaired) electrons. The average molecular weight is 356 g/mol. The molecule has 2 aromatic rings. The first-order valence-electron chi connectivity index (χ1n) is 7.87. The quantitative estimate of drug-likeness (QED) is 0.582. The number of rotatable bonds is 4. The fraction of sp³-hybridized carbons (Fsp3) is 0.368. The summed E-state index contributed by atoms with van der Waals surface area (Å²) in [5.41, 5.74) is -0.575. The summed E-state index contributed by atoms with van der Waals surface area (Å²) < 4.78 is 71.9. The third-order valence-corrected chi connectivity index (χ3v) is 4.68. The maximum Gasteiger partial charge on any atom is 0.454 e. The number of alkyl halides is 5. The van der Waals surface area contributed by atoms with E-state index < -0.39 is 17.5 Å². The van der Waals surface area contributed by atoms with Crippen molar-refractivity contribution in [1.82, 2.24) is 0 Å². The van der Waals surface area contributed by atoms with Gasteiger partial charge in [0.25, 0.3) is 0 Å². The zero-order valence-corrected chi connectivity index (χ0v) is 13.8. The maximum absolute atomic E-state index is 13.9. The van der Waals surface area contributed by atoms with Gasteiger partial charge in [-0.15, -0.1) is 0 Å². The van der Waals surface area contributed by atoms with Crippen LogP contribution in [0.25, 0.3) is 0 Å². The van der Waals surface area contributed by atoms with E-state index in [1.165, 1.54) is 18.2 Å². The Morgan fingerprint density at radius 1 is 0.880 bits per heavy atom. The fourth-order valence-electron chi connectivity index (χ4n) is 2.98. The van der Waals surface area contributed by atoms with Crippen molar-refractivity contribution in [2.45, 2.75) is 44.2 Å². The molecular weight excluding hydrogens is 339 g/mol. The van der Waals surface area contributed by atoms with Gasteiger partial charge in [-0.3, -0.25) is 0 Å². The molecule has 1 aliphatic carbocycles. The predicted molar refractivity (Wildman–Crippen MR) is 84.3 cm³/mol. The van der Waals surface area contributed by atoms with E-state index in [2.05, 4.69) is 0 Å². The minimum atomic E-state index is -5.56. The number of benzene rings is 2. The second-order valence-electron chi connectivity index (χ2n) is 6.55. The first-order valence-corrected chi connectivity index (χ1v) is 7.87. The lowest BCUT2D eigenvalue weighted by molar-refractivity contribution is -0.296. The van der Waals surface area contributed by atoms with Crippen LogP contribution in [0.15, 0.2) is 42.5 Å². The first-order chi connectivity index (χ1) is 11.6. The van der Waals surface area contributed by atoms with Gasteiger partial charge in [0, 0.05) is 0 Å². The van der Waals surface area contributed by atoms with Crippen molar-refractivity contribution in [1.29, 1.82) is 0 Å². The summed E-state index contributed by atoms with van der Waals surface area (Å²) in [7, 11) is 0. The van der Waals surface area contributed by atoms with Crippen molar-refractivity contribution >= 4 is 0 Å². The summed E-state index contributed by atoms with van der Waals surface area (Å²) in [6.07, 6.45) is -5.93. The molecule has 0 unspecified atom stereocenters. The fourth-order valence-corrected chi connectivity index (χ4v) is 2.98. The Morgan fingerprint density at radius 3 is 1.96 bits per heavy atom. The van der Waals surface area contributed by atoms with Crippen LogP contribution in [-0.4, -0.2) is 12.1 Å². The Bertz CT molecular complexity index is 773.